The van der Waals surface area contributed by atoms with Gasteiger partial charge in [0.15, 0.2) is 0 Å². The largest absolute Gasteiger partial charge is 0.494 e. The van der Waals surface area contributed by atoms with Gasteiger partial charge in [0.05, 0.1) is 6.61 Å². The van der Waals surface area contributed by atoms with Crippen molar-refractivity contribution in [3.05, 3.63) is 35.4 Å². The zero-order valence-electron chi connectivity index (χ0n) is 12.3. The maximum atomic E-state index is 5.86. The normalized spacial score (nSPS) is 21.0. The molecule has 0 bridgehead atoms. The summed E-state index contributed by atoms with van der Waals surface area (Å²) >= 11 is 0. The Hall–Kier alpha value is -1.48. The molecule has 0 saturated heterocycles. The van der Waals surface area contributed by atoms with Crippen molar-refractivity contribution in [2.45, 2.75) is 51.8 Å². The average molecular weight is 273 g/mol. The molecule has 1 heterocycles. The van der Waals surface area contributed by atoms with Gasteiger partial charge in [0.2, 0.25) is 0 Å². The predicted molar refractivity (Wildman–Crippen MR) is 80.4 cm³/mol. The first-order chi connectivity index (χ1) is 9.76. The fourth-order valence-corrected chi connectivity index (χ4v) is 2.95. The number of nitrogens with one attached hydrogen (secondary N) is 1. The second kappa shape index (κ2) is 5.88. The molecule has 3 heteroatoms. The fraction of sp³-hybridized carbons (Fsp3) is 0.529. The highest BCUT2D eigenvalue weighted by Gasteiger charge is 2.22. The Kier molecular flexibility index (Phi) is 3.97. The van der Waals surface area contributed by atoms with Crippen molar-refractivity contribution in [3.63, 3.8) is 0 Å². The van der Waals surface area contributed by atoms with Crippen LogP contribution in [0.25, 0.3) is 0 Å². The fourth-order valence-electron chi connectivity index (χ4n) is 2.95. The molecule has 0 fully saturated rings. The van der Waals surface area contributed by atoms with Crippen molar-refractivity contribution >= 4 is 0 Å². The minimum absolute atomic E-state index is 0.279. The Morgan fingerprint density at radius 1 is 1.30 bits per heavy atom. The van der Waals surface area contributed by atoms with Crippen molar-refractivity contribution in [2.75, 3.05) is 6.61 Å². The van der Waals surface area contributed by atoms with Crippen molar-refractivity contribution in [1.82, 2.24) is 5.32 Å². The molecular weight excluding hydrogens is 250 g/mol. The van der Waals surface area contributed by atoms with E-state index in [0.717, 1.165) is 37.3 Å². The highest BCUT2D eigenvalue weighted by molar-refractivity contribution is 5.48. The molecule has 0 amide bonds. The van der Waals surface area contributed by atoms with E-state index in [4.69, 9.17) is 9.47 Å². The number of hydrogen-bond donors (Lipinski definition) is 1. The lowest BCUT2D eigenvalue weighted by molar-refractivity contribution is 0.254. The molecule has 0 spiro atoms. The molecule has 1 N–H and O–H groups in total. The van der Waals surface area contributed by atoms with E-state index < -0.39 is 0 Å². The molecule has 0 aromatic heterocycles. The number of hydrogen-bond acceptors (Lipinski definition) is 3. The van der Waals surface area contributed by atoms with Crippen LogP contribution in [0.4, 0.5) is 0 Å². The van der Waals surface area contributed by atoms with Crippen LogP contribution in [0.15, 0.2) is 24.3 Å². The Labute approximate surface area is 121 Å². The summed E-state index contributed by atoms with van der Waals surface area (Å²) in [6.07, 6.45) is 8.01. The van der Waals surface area contributed by atoms with Crippen molar-refractivity contribution in [1.29, 1.82) is 0 Å². The molecule has 1 unspecified atom stereocenters. The van der Waals surface area contributed by atoms with E-state index in [2.05, 4.69) is 36.5 Å². The molecular formula is C17H23NO2. The number of benzene rings is 1. The van der Waals surface area contributed by atoms with E-state index >= 15 is 0 Å². The number of rotatable bonds is 5. The minimum atomic E-state index is 0.279. The van der Waals surface area contributed by atoms with E-state index in [0.29, 0.717) is 12.6 Å². The maximum Gasteiger partial charge on any atom is 0.124 e. The number of fused-ring (bicyclic) bond motifs is 1. The van der Waals surface area contributed by atoms with Gasteiger partial charge in [0, 0.05) is 30.1 Å². The summed E-state index contributed by atoms with van der Waals surface area (Å²) in [7, 11) is 0. The van der Waals surface area contributed by atoms with Gasteiger partial charge in [-0.05, 0) is 38.8 Å². The van der Waals surface area contributed by atoms with E-state index in [1.54, 1.807) is 0 Å². The van der Waals surface area contributed by atoms with Crippen LogP contribution in [0.1, 0.15) is 37.8 Å². The van der Waals surface area contributed by atoms with E-state index in [1.807, 2.05) is 6.92 Å². The molecule has 1 atom stereocenters. The van der Waals surface area contributed by atoms with Crippen LogP contribution in [0.2, 0.25) is 0 Å². The summed E-state index contributed by atoms with van der Waals surface area (Å²) in [6.45, 7) is 5.69. The zero-order chi connectivity index (χ0) is 13.9. The molecule has 1 aromatic carbocycles. The van der Waals surface area contributed by atoms with E-state index in [1.165, 1.54) is 11.1 Å². The van der Waals surface area contributed by atoms with Gasteiger partial charge in [0.1, 0.15) is 17.6 Å². The first-order valence-electron chi connectivity index (χ1n) is 7.60. The minimum Gasteiger partial charge on any atom is -0.494 e. The maximum absolute atomic E-state index is 5.86. The van der Waals surface area contributed by atoms with Gasteiger partial charge >= 0.3 is 0 Å². The SMILES string of the molecule is CCOc1cc2c(cc1CNC1CC=CC1)OC(C)C2. The van der Waals surface area contributed by atoms with Gasteiger partial charge in [-0.25, -0.2) is 0 Å². The molecule has 20 heavy (non-hydrogen) atoms. The van der Waals surface area contributed by atoms with Crippen LogP contribution >= 0.6 is 0 Å². The molecule has 2 aliphatic rings. The highest BCUT2D eigenvalue weighted by atomic mass is 16.5. The standard InChI is InChI=1S/C17H23NO2/c1-3-19-16-9-13-8-12(2)20-17(13)10-14(16)11-18-15-6-4-5-7-15/h4-5,9-10,12,15,18H,3,6-8,11H2,1-2H3. The number of ether oxygens (including phenoxy) is 2. The Bertz CT molecular complexity index is 502. The second-order valence-corrected chi connectivity index (χ2v) is 5.65. The summed E-state index contributed by atoms with van der Waals surface area (Å²) in [6, 6.07) is 4.88. The Morgan fingerprint density at radius 2 is 2.10 bits per heavy atom. The summed E-state index contributed by atoms with van der Waals surface area (Å²) < 4.78 is 11.7. The molecule has 0 saturated carbocycles. The van der Waals surface area contributed by atoms with Crippen molar-refractivity contribution in [3.8, 4) is 11.5 Å². The van der Waals surface area contributed by atoms with Gasteiger partial charge in [0.25, 0.3) is 0 Å². The van der Waals surface area contributed by atoms with Crippen LogP contribution in [-0.4, -0.2) is 18.8 Å². The zero-order valence-corrected chi connectivity index (χ0v) is 12.3. The van der Waals surface area contributed by atoms with Crippen LogP contribution in [0.5, 0.6) is 11.5 Å². The molecule has 3 rings (SSSR count). The van der Waals surface area contributed by atoms with Crippen molar-refractivity contribution < 1.29 is 9.47 Å². The third-order valence-electron chi connectivity index (χ3n) is 3.97. The average Bonchev–Trinajstić information content (AvgIpc) is 3.04. The van der Waals surface area contributed by atoms with Gasteiger partial charge in [-0.15, -0.1) is 0 Å². The lowest BCUT2D eigenvalue weighted by Gasteiger charge is -2.16. The summed E-state index contributed by atoms with van der Waals surface area (Å²) in [5.74, 6) is 2.03. The van der Waals surface area contributed by atoms with Gasteiger partial charge < -0.3 is 14.8 Å². The van der Waals surface area contributed by atoms with Gasteiger partial charge in [-0.2, -0.15) is 0 Å². The Morgan fingerprint density at radius 3 is 2.85 bits per heavy atom. The molecule has 1 aliphatic heterocycles. The third-order valence-corrected chi connectivity index (χ3v) is 3.97. The van der Waals surface area contributed by atoms with Crippen LogP contribution in [0.3, 0.4) is 0 Å². The molecule has 3 nitrogen and oxygen atoms in total. The van der Waals surface area contributed by atoms with Crippen LogP contribution in [0, 0.1) is 0 Å². The van der Waals surface area contributed by atoms with Gasteiger partial charge in [-0.3, -0.25) is 0 Å². The van der Waals surface area contributed by atoms with Gasteiger partial charge in [-0.1, -0.05) is 12.2 Å². The topological polar surface area (TPSA) is 30.5 Å². The quantitative estimate of drug-likeness (QED) is 0.836. The third kappa shape index (κ3) is 2.83. The second-order valence-electron chi connectivity index (χ2n) is 5.65. The van der Waals surface area contributed by atoms with Crippen LogP contribution in [-0.2, 0) is 13.0 Å². The van der Waals surface area contributed by atoms with Crippen LogP contribution < -0.4 is 14.8 Å². The van der Waals surface area contributed by atoms with E-state index in [-0.39, 0.29) is 6.10 Å². The summed E-state index contributed by atoms with van der Waals surface area (Å²) in [5.41, 5.74) is 2.47. The molecule has 0 radical (unpaired) electrons. The van der Waals surface area contributed by atoms with E-state index in [9.17, 15) is 0 Å². The monoisotopic (exact) mass is 273 g/mol. The summed E-state index contributed by atoms with van der Waals surface area (Å²) in [4.78, 5) is 0. The molecule has 1 aromatic rings. The van der Waals surface area contributed by atoms with Crippen molar-refractivity contribution in [2.24, 2.45) is 0 Å². The predicted octanol–water partition coefficient (Wildman–Crippen LogP) is 3.22. The highest BCUT2D eigenvalue weighted by Crippen LogP contribution is 2.35. The smallest absolute Gasteiger partial charge is 0.124 e. The lowest BCUT2D eigenvalue weighted by atomic mass is 10.1. The first kappa shape index (κ1) is 13.5. The lowest BCUT2D eigenvalue weighted by Crippen LogP contribution is -2.25. The molecule has 108 valence electrons. The Balaban J connectivity index is 1.75. The summed E-state index contributed by atoms with van der Waals surface area (Å²) in [5, 5.41) is 3.60. The molecule has 1 aliphatic carbocycles. The first-order valence-corrected chi connectivity index (χ1v) is 7.60.